The Bertz CT molecular complexity index is 1510. The van der Waals surface area contributed by atoms with Crippen LogP contribution in [0.4, 0.5) is 13.2 Å². The van der Waals surface area contributed by atoms with Gasteiger partial charge in [0.2, 0.25) is 0 Å². The van der Waals surface area contributed by atoms with Crippen LogP contribution in [0.15, 0.2) is 77.7 Å². The van der Waals surface area contributed by atoms with Gasteiger partial charge in [0.1, 0.15) is 5.69 Å². The van der Waals surface area contributed by atoms with Crippen molar-refractivity contribution >= 4 is 16.9 Å². The molecule has 0 aliphatic carbocycles. The summed E-state index contributed by atoms with van der Waals surface area (Å²) in [5, 5.41) is 7.54. The van der Waals surface area contributed by atoms with Gasteiger partial charge in [-0.2, -0.15) is 18.3 Å². The Morgan fingerprint density at radius 1 is 1.11 bits per heavy atom. The highest BCUT2D eigenvalue weighted by atomic mass is 19.4. The molecule has 1 aromatic carbocycles. The zero-order valence-corrected chi connectivity index (χ0v) is 18.4. The van der Waals surface area contributed by atoms with Crippen LogP contribution < -0.4 is 5.32 Å². The molecule has 7 nitrogen and oxygen atoms in total. The molecule has 0 atom stereocenters. The minimum Gasteiger partial charge on any atom is -0.463 e. The lowest BCUT2D eigenvalue weighted by Crippen LogP contribution is -2.23. The second-order valence-electron chi connectivity index (χ2n) is 7.79. The van der Waals surface area contributed by atoms with Crippen LogP contribution in [0.1, 0.15) is 27.2 Å². The first-order valence-corrected chi connectivity index (χ1v) is 10.6. The molecule has 5 rings (SSSR count). The number of hydrogen-bond donors (Lipinski definition) is 1. The third-order valence-electron chi connectivity index (χ3n) is 5.44. The SMILES string of the molecule is Cc1nn(-c2ccccc2C(F)(F)F)c2nc(-c3ccco3)cc(C(=O)NCc3cccnc3)c12. The Balaban J connectivity index is 1.69. The van der Waals surface area contributed by atoms with E-state index in [9.17, 15) is 18.0 Å². The minimum absolute atomic E-state index is 0.111. The fourth-order valence-electron chi connectivity index (χ4n) is 3.86. The van der Waals surface area contributed by atoms with Crippen LogP contribution in [0.3, 0.4) is 0 Å². The molecule has 10 heteroatoms. The van der Waals surface area contributed by atoms with Gasteiger partial charge in [-0.15, -0.1) is 0 Å². The summed E-state index contributed by atoms with van der Waals surface area (Å²) in [6, 6.07) is 13.5. The van der Waals surface area contributed by atoms with Gasteiger partial charge in [0.15, 0.2) is 11.4 Å². The summed E-state index contributed by atoms with van der Waals surface area (Å²) in [7, 11) is 0. The molecule has 5 aromatic rings. The predicted molar refractivity (Wildman–Crippen MR) is 122 cm³/mol. The molecule has 0 saturated carbocycles. The zero-order valence-electron chi connectivity index (χ0n) is 18.4. The van der Waals surface area contributed by atoms with E-state index in [0.29, 0.717) is 22.5 Å². The molecule has 176 valence electrons. The van der Waals surface area contributed by atoms with Crippen molar-refractivity contribution in [3.63, 3.8) is 0 Å². The summed E-state index contributed by atoms with van der Waals surface area (Å²) in [6.45, 7) is 1.85. The maximum absolute atomic E-state index is 13.8. The lowest BCUT2D eigenvalue weighted by atomic mass is 10.1. The molecule has 1 amide bonds. The highest BCUT2D eigenvalue weighted by Crippen LogP contribution is 2.36. The van der Waals surface area contributed by atoms with Crippen LogP contribution >= 0.6 is 0 Å². The van der Waals surface area contributed by atoms with Crippen LogP contribution in [0.5, 0.6) is 0 Å². The van der Waals surface area contributed by atoms with Crippen molar-refractivity contribution in [2.75, 3.05) is 0 Å². The molecule has 0 unspecified atom stereocenters. The van der Waals surface area contributed by atoms with Crippen LogP contribution in [0.2, 0.25) is 0 Å². The fraction of sp³-hybridized carbons (Fsp3) is 0.120. The predicted octanol–water partition coefficient (Wildman–Crippen LogP) is 5.33. The van der Waals surface area contributed by atoms with Crippen molar-refractivity contribution in [1.29, 1.82) is 0 Å². The maximum atomic E-state index is 13.8. The molecule has 0 bridgehead atoms. The van der Waals surface area contributed by atoms with E-state index < -0.39 is 17.6 Å². The molecule has 4 aromatic heterocycles. The Morgan fingerprint density at radius 3 is 2.66 bits per heavy atom. The number of amides is 1. The van der Waals surface area contributed by atoms with Gasteiger partial charge in [0, 0.05) is 18.9 Å². The second kappa shape index (κ2) is 8.71. The molecule has 1 N–H and O–H groups in total. The van der Waals surface area contributed by atoms with E-state index in [1.165, 1.54) is 24.5 Å². The summed E-state index contributed by atoms with van der Waals surface area (Å²) >= 11 is 0. The van der Waals surface area contributed by atoms with Crippen molar-refractivity contribution in [3.8, 4) is 17.1 Å². The van der Waals surface area contributed by atoms with E-state index >= 15 is 0 Å². The Morgan fingerprint density at radius 2 is 1.94 bits per heavy atom. The van der Waals surface area contributed by atoms with Gasteiger partial charge in [0.05, 0.1) is 34.2 Å². The molecule has 0 aliphatic heterocycles. The van der Waals surface area contributed by atoms with Crippen LogP contribution in [-0.4, -0.2) is 25.7 Å². The number of fused-ring (bicyclic) bond motifs is 1. The second-order valence-corrected chi connectivity index (χ2v) is 7.79. The number of hydrogen-bond acceptors (Lipinski definition) is 5. The largest absolute Gasteiger partial charge is 0.463 e. The number of alkyl halides is 3. The van der Waals surface area contributed by atoms with Gasteiger partial charge in [-0.1, -0.05) is 18.2 Å². The number of pyridine rings is 2. The standard InChI is InChI=1S/C25H18F3N5O2/c1-15-22-17(24(34)30-14-16-6-4-10-29-13-16)12-19(21-9-5-11-35-21)31-23(22)33(32-15)20-8-3-2-7-18(20)25(26,27)28/h2-13H,14H2,1H3,(H,30,34). The van der Waals surface area contributed by atoms with Crippen LogP contribution in [0.25, 0.3) is 28.2 Å². The summed E-state index contributed by atoms with van der Waals surface area (Å²) in [4.78, 5) is 21.9. The molecule has 0 aliphatic rings. The van der Waals surface area contributed by atoms with E-state index in [2.05, 4.69) is 20.4 Å². The van der Waals surface area contributed by atoms with Crippen molar-refractivity contribution < 1.29 is 22.4 Å². The Hall–Kier alpha value is -4.47. The number of halogens is 3. The van der Waals surface area contributed by atoms with Crippen LogP contribution in [0, 0.1) is 6.92 Å². The van der Waals surface area contributed by atoms with E-state index in [4.69, 9.17) is 4.42 Å². The quantitative estimate of drug-likeness (QED) is 0.370. The molecule has 4 heterocycles. The zero-order chi connectivity index (χ0) is 24.6. The molecule has 0 spiro atoms. The number of nitrogens with zero attached hydrogens (tertiary/aromatic N) is 4. The van der Waals surface area contributed by atoms with Gasteiger partial charge < -0.3 is 9.73 Å². The number of carbonyl (C=O) groups is 1. The molecule has 35 heavy (non-hydrogen) atoms. The average Bonchev–Trinajstić information content (AvgIpc) is 3.51. The molecular formula is C25H18F3N5O2. The Labute approximate surface area is 197 Å². The fourth-order valence-corrected chi connectivity index (χ4v) is 3.86. The average molecular weight is 477 g/mol. The summed E-state index contributed by atoms with van der Waals surface area (Å²) in [5.41, 5.74) is 0.727. The number of benzene rings is 1. The molecule has 0 radical (unpaired) electrons. The number of aromatic nitrogens is 4. The number of rotatable bonds is 5. The van der Waals surface area contributed by atoms with Crippen LogP contribution in [-0.2, 0) is 12.7 Å². The highest BCUT2D eigenvalue weighted by Gasteiger charge is 2.35. The molecule has 0 fully saturated rings. The minimum atomic E-state index is -4.61. The third kappa shape index (κ3) is 4.25. The lowest BCUT2D eigenvalue weighted by Gasteiger charge is -2.13. The first-order valence-electron chi connectivity index (χ1n) is 10.6. The number of aryl methyl sites for hydroxylation is 1. The number of nitrogens with one attached hydrogen (secondary N) is 1. The maximum Gasteiger partial charge on any atom is 0.418 e. The van der Waals surface area contributed by atoms with Crippen molar-refractivity contribution in [1.82, 2.24) is 25.1 Å². The summed E-state index contributed by atoms with van der Waals surface area (Å²) in [6.07, 6.45) is 0.105. The first-order chi connectivity index (χ1) is 16.8. The van der Waals surface area contributed by atoms with Gasteiger partial charge in [-0.25, -0.2) is 9.67 Å². The van der Waals surface area contributed by atoms with E-state index in [0.717, 1.165) is 16.3 Å². The van der Waals surface area contributed by atoms with Gasteiger partial charge >= 0.3 is 6.18 Å². The first kappa shape index (κ1) is 22.3. The van der Waals surface area contributed by atoms with E-state index in [1.807, 2.05) is 6.07 Å². The number of para-hydroxylation sites is 1. The molecule has 0 saturated heterocycles. The topological polar surface area (TPSA) is 85.8 Å². The smallest absolute Gasteiger partial charge is 0.418 e. The summed E-state index contributed by atoms with van der Waals surface area (Å²) < 4.78 is 47.9. The number of furan rings is 1. The van der Waals surface area contributed by atoms with Crippen molar-refractivity contribution in [2.45, 2.75) is 19.6 Å². The molecular weight excluding hydrogens is 459 g/mol. The van der Waals surface area contributed by atoms with Crippen molar-refractivity contribution in [3.05, 3.63) is 95.6 Å². The van der Waals surface area contributed by atoms with E-state index in [1.54, 1.807) is 43.6 Å². The number of carbonyl (C=O) groups excluding carboxylic acids is 1. The third-order valence-corrected chi connectivity index (χ3v) is 5.44. The van der Waals surface area contributed by atoms with Gasteiger partial charge in [-0.3, -0.25) is 9.78 Å². The normalized spacial score (nSPS) is 11.7. The highest BCUT2D eigenvalue weighted by molar-refractivity contribution is 6.07. The van der Waals surface area contributed by atoms with Crippen molar-refractivity contribution in [2.24, 2.45) is 0 Å². The van der Waals surface area contributed by atoms with Gasteiger partial charge in [0.25, 0.3) is 5.91 Å². The monoisotopic (exact) mass is 477 g/mol. The van der Waals surface area contributed by atoms with Gasteiger partial charge in [-0.05, 0) is 48.9 Å². The van der Waals surface area contributed by atoms with E-state index in [-0.39, 0.29) is 23.4 Å². The Kier molecular flexibility index (Phi) is 5.56. The lowest BCUT2D eigenvalue weighted by molar-refractivity contribution is -0.137. The summed E-state index contributed by atoms with van der Waals surface area (Å²) in [5.74, 6) is -0.0662.